The molecule has 1 heterocycles. The number of carboxylic acids is 1. The zero-order chi connectivity index (χ0) is 23.7. The molecule has 2 amide bonds. The molecule has 0 saturated heterocycles. The summed E-state index contributed by atoms with van der Waals surface area (Å²) in [5, 5.41) is 15.7. The van der Waals surface area contributed by atoms with E-state index in [9.17, 15) is 19.5 Å². The third-order valence-corrected chi connectivity index (χ3v) is 5.35. The van der Waals surface area contributed by atoms with E-state index in [1.807, 2.05) is 44.3 Å². The summed E-state index contributed by atoms with van der Waals surface area (Å²) in [6, 6.07) is 4.99. The lowest BCUT2D eigenvalue weighted by Gasteiger charge is -2.24. The molecule has 0 fully saturated rings. The highest BCUT2D eigenvalue weighted by Gasteiger charge is 2.28. The van der Waals surface area contributed by atoms with Crippen molar-refractivity contribution in [2.75, 3.05) is 6.54 Å². The molecule has 9 heteroatoms. The van der Waals surface area contributed by atoms with Crippen molar-refractivity contribution in [1.29, 1.82) is 0 Å². The van der Waals surface area contributed by atoms with Gasteiger partial charge in [-0.1, -0.05) is 32.0 Å². The third kappa shape index (κ3) is 7.35. The lowest BCUT2D eigenvalue weighted by molar-refractivity contribution is -0.142. The Morgan fingerprint density at radius 3 is 2.41 bits per heavy atom. The topological polar surface area (TPSA) is 163 Å². The maximum Gasteiger partial charge on any atom is 0.326 e. The van der Waals surface area contributed by atoms with Gasteiger partial charge in [0.2, 0.25) is 11.8 Å². The SMILES string of the molecule is CC(C)CC(NC(=O)C(N)Cc1c[nH]c2ccccc12)C(=O)NC(CCCCN)C(=O)O. The highest BCUT2D eigenvalue weighted by atomic mass is 16.4. The average Bonchev–Trinajstić information content (AvgIpc) is 3.14. The fourth-order valence-corrected chi connectivity index (χ4v) is 3.63. The summed E-state index contributed by atoms with van der Waals surface area (Å²) in [7, 11) is 0. The van der Waals surface area contributed by atoms with Gasteiger partial charge in [-0.15, -0.1) is 0 Å². The first-order valence-electron chi connectivity index (χ1n) is 11.1. The van der Waals surface area contributed by atoms with E-state index in [4.69, 9.17) is 11.5 Å². The minimum Gasteiger partial charge on any atom is -0.480 e. The van der Waals surface area contributed by atoms with Gasteiger partial charge in [-0.3, -0.25) is 9.59 Å². The van der Waals surface area contributed by atoms with Crippen LogP contribution in [0.15, 0.2) is 30.5 Å². The molecule has 1 aromatic carbocycles. The molecule has 0 radical (unpaired) electrons. The molecule has 2 rings (SSSR count). The minimum absolute atomic E-state index is 0.108. The lowest BCUT2D eigenvalue weighted by Crippen LogP contribution is -2.55. The zero-order valence-corrected chi connectivity index (χ0v) is 18.8. The number of nitrogens with two attached hydrogens (primary N) is 2. The Bertz CT molecular complexity index is 911. The van der Waals surface area contributed by atoms with Crippen LogP contribution < -0.4 is 22.1 Å². The Balaban J connectivity index is 2.03. The van der Waals surface area contributed by atoms with Crippen molar-refractivity contribution in [3.8, 4) is 0 Å². The van der Waals surface area contributed by atoms with E-state index in [2.05, 4.69) is 15.6 Å². The molecule has 0 aliphatic carbocycles. The first kappa shape index (κ1) is 25.4. The second-order valence-electron chi connectivity index (χ2n) is 8.54. The maximum atomic E-state index is 12.8. The van der Waals surface area contributed by atoms with Gasteiger partial charge in [0.15, 0.2) is 0 Å². The summed E-state index contributed by atoms with van der Waals surface area (Å²) in [4.78, 5) is 40.3. The molecule has 0 saturated carbocycles. The van der Waals surface area contributed by atoms with Gasteiger partial charge in [0, 0.05) is 17.1 Å². The molecule has 2 aromatic rings. The number of rotatable bonds is 13. The van der Waals surface area contributed by atoms with Gasteiger partial charge in [0.1, 0.15) is 12.1 Å². The quantitative estimate of drug-likeness (QED) is 0.254. The first-order valence-corrected chi connectivity index (χ1v) is 11.1. The number of carbonyl (C=O) groups is 3. The van der Waals surface area contributed by atoms with Gasteiger partial charge >= 0.3 is 5.97 Å². The van der Waals surface area contributed by atoms with Crippen molar-refractivity contribution in [2.45, 2.75) is 64.1 Å². The fourth-order valence-electron chi connectivity index (χ4n) is 3.63. The smallest absolute Gasteiger partial charge is 0.326 e. The number of hydrogen-bond donors (Lipinski definition) is 6. The number of unbranched alkanes of at least 4 members (excludes halogenated alkanes) is 1. The Labute approximate surface area is 188 Å². The molecule has 3 unspecified atom stereocenters. The molecular formula is C23H35N5O4. The van der Waals surface area contributed by atoms with Crippen molar-refractivity contribution < 1.29 is 19.5 Å². The van der Waals surface area contributed by atoms with E-state index in [0.717, 1.165) is 16.5 Å². The van der Waals surface area contributed by atoms with Gasteiger partial charge in [-0.05, 0) is 56.2 Å². The van der Waals surface area contributed by atoms with E-state index < -0.39 is 35.9 Å². The molecule has 0 aliphatic rings. The molecule has 32 heavy (non-hydrogen) atoms. The van der Waals surface area contributed by atoms with Crippen LogP contribution in [0.1, 0.15) is 45.1 Å². The van der Waals surface area contributed by atoms with Gasteiger partial charge < -0.3 is 32.2 Å². The van der Waals surface area contributed by atoms with Crippen LogP contribution in [-0.4, -0.2) is 52.5 Å². The first-order chi connectivity index (χ1) is 15.2. The Morgan fingerprint density at radius 1 is 1.06 bits per heavy atom. The standard InChI is InChI=1S/C23H35N5O4/c1-14(2)11-20(22(30)27-19(23(31)32)9-5-6-10-24)28-21(29)17(25)12-15-13-26-18-8-4-3-7-16(15)18/h3-4,7-8,13-14,17,19-20,26H,5-6,9-12,24-25H2,1-2H3,(H,27,30)(H,28,29)(H,31,32). The number of aromatic amines is 1. The van der Waals surface area contributed by atoms with E-state index >= 15 is 0 Å². The van der Waals surface area contributed by atoms with Gasteiger partial charge in [-0.2, -0.15) is 0 Å². The van der Waals surface area contributed by atoms with E-state index in [1.165, 1.54) is 0 Å². The van der Waals surface area contributed by atoms with Crippen LogP contribution in [0, 0.1) is 5.92 Å². The summed E-state index contributed by atoms with van der Waals surface area (Å²) in [6.45, 7) is 4.31. The fraction of sp³-hybridized carbons (Fsp3) is 0.522. The normalized spacial score (nSPS) is 14.2. The molecule has 0 spiro atoms. The van der Waals surface area contributed by atoms with Crippen molar-refractivity contribution in [2.24, 2.45) is 17.4 Å². The number of carbonyl (C=O) groups excluding carboxylic acids is 2. The average molecular weight is 446 g/mol. The number of nitrogens with one attached hydrogen (secondary N) is 3. The second-order valence-corrected chi connectivity index (χ2v) is 8.54. The van der Waals surface area contributed by atoms with Crippen molar-refractivity contribution >= 4 is 28.7 Å². The predicted molar refractivity (Wildman–Crippen MR) is 124 cm³/mol. The molecule has 8 N–H and O–H groups in total. The molecular weight excluding hydrogens is 410 g/mol. The number of hydrogen-bond acceptors (Lipinski definition) is 5. The molecule has 9 nitrogen and oxygen atoms in total. The van der Waals surface area contributed by atoms with E-state index in [-0.39, 0.29) is 12.3 Å². The number of para-hydroxylation sites is 1. The minimum atomic E-state index is -1.11. The molecule has 3 atom stereocenters. The van der Waals surface area contributed by atoms with E-state index in [1.54, 1.807) is 0 Å². The summed E-state index contributed by atoms with van der Waals surface area (Å²) in [5.41, 5.74) is 13.5. The van der Waals surface area contributed by atoms with Crippen LogP contribution in [-0.2, 0) is 20.8 Å². The monoisotopic (exact) mass is 445 g/mol. The van der Waals surface area contributed by atoms with Gasteiger partial charge in [0.05, 0.1) is 6.04 Å². The Morgan fingerprint density at radius 2 is 1.75 bits per heavy atom. The number of carboxylic acid groups (broad SMARTS) is 1. The largest absolute Gasteiger partial charge is 0.480 e. The van der Waals surface area contributed by atoms with Gasteiger partial charge in [0.25, 0.3) is 0 Å². The summed E-state index contributed by atoms with van der Waals surface area (Å²) in [5.74, 6) is -1.98. The Hall–Kier alpha value is -2.91. The van der Waals surface area contributed by atoms with Crippen molar-refractivity contribution in [1.82, 2.24) is 15.6 Å². The maximum absolute atomic E-state index is 12.8. The number of aromatic nitrogens is 1. The third-order valence-electron chi connectivity index (χ3n) is 5.35. The molecule has 1 aromatic heterocycles. The molecule has 176 valence electrons. The van der Waals surface area contributed by atoms with Crippen LogP contribution in [0.2, 0.25) is 0 Å². The number of amides is 2. The lowest BCUT2D eigenvalue weighted by atomic mass is 10.0. The second kappa shape index (κ2) is 12.2. The van der Waals surface area contributed by atoms with E-state index in [0.29, 0.717) is 32.2 Å². The Kier molecular flexibility index (Phi) is 9.67. The van der Waals surface area contributed by atoms with Crippen LogP contribution >= 0.6 is 0 Å². The van der Waals surface area contributed by atoms with Crippen LogP contribution in [0.4, 0.5) is 0 Å². The number of H-pyrrole nitrogens is 1. The highest BCUT2D eigenvalue weighted by Crippen LogP contribution is 2.19. The van der Waals surface area contributed by atoms with Crippen molar-refractivity contribution in [3.05, 3.63) is 36.0 Å². The summed E-state index contributed by atoms with van der Waals surface area (Å²) >= 11 is 0. The van der Waals surface area contributed by atoms with Gasteiger partial charge in [-0.25, -0.2) is 4.79 Å². The number of benzene rings is 1. The number of fused-ring (bicyclic) bond motifs is 1. The predicted octanol–water partition coefficient (Wildman–Crippen LogP) is 1.27. The zero-order valence-electron chi connectivity index (χ0n) is 18.8. The summed E-state index contributed by atoms with van der Waals surface area (Å²) < 4.78 is 0. The van der Waals surface area contributed by atoms with Crippen LogP contribution in [0.25, 0.3) is 10.9 Å². The summed E-state index contributed by atoms with van der Waals surface area (Å²) in [6.07, 6.45) is 4.05. The number of aliphatic carboxylic acids is 1. The molecule has 0 bridgehead atoms. The van der Waals surface area contributed by atoms with Crippen LogP contribution in [0.5, 0.6) is 0 Å². The van der Waals surface area contributed by atoms with Crippen LogP contribution in [0.3, 0.4) is 0 Å². The van der Waals surface area contributed by atoms with Crippen molar-refractivity contribution in [3.63, 3.8) is 0 Å². The highest BCUT2D eigenvalue weighted by molar-refractivity contribution is 5.92. The molecule has 0 aliphatic heterocycles.